The largest absolute Gasteiger partial charge is 0.373 e. The summed E-state index contributed by atoms with van der Waals surface area (Å²) in [7, 11) is 0. The molecule has 2 heterocycles. The van der Waals surface area contributed by atoms with Gasteiger partial charge in [0.05, 0.1) is 34.8 Å². The van der Waals surface area contributed by atoms with Crippen molar-refractivity contribution in [3.8, 4) is 5.69 Å². The Morgan fingerprint density at radius 1 is 1.16 bits per heavy atom. The molecule has 0 radical (unpaired) electrons. The normalized spacial score (nSPS) is 17.7. The van der Waals surface area contributed by atoms with Crippen LogP contribution in [0.15, 0.2) is 53.3 Å². The second-order valence-electron chi connectivity index (χ2n) is 9.03. The zero-order chi connectivity index (χ0) is 22.0. The standard InChI is InChI=1S/C25H32N4O2/c1-18(26)23-27-21-13-7-9-19(10-8-14-28-15-16-31-25(2,3)17-28)22(21)24(30)29(23)20-11-5-4-6-12-20/h4-7,9,11-13,18H,8,10,14-17,26H2,1-3H3. The smallest absolute Gasteiger partial charge is 0.266 e. The van der Waals surface area contributed by atoms with Gasteiger partial charge in [0, 0.05) is 13.1 Å². The number of para-hydroxylation sites is 1. The lowest BCUT2D eigenvalue weighted by molar-refractivity contribution is -0.0859. The van der Waals surface area contributed by atoms with Gasteiger partial charge in [-0.25, -0.2) is 4.98 Å². The van der Waals surface area contributed by atoms with Crippen molar-refractivity contribution < 1.29 is 4.74 Å². The highest BCUT2D eigenvalue weighted by Gasteiger charge is 2.26. The molecule has 4 rings (SSSR count). The highest BCUT2D eigenvalue weighted by Crippen LogP contribution is 2.21. The fraction of sp³-hybridized carbons (Fsp3) is 0.440. The van der Waals surface area contributed by atoms with E-state index in [2.05, 4.69) is 24.8 Å². The number of fused-ring (bicyclic) bond motifs is 1. The predicted octanol–water partition coefficient (Wildman–Crippen LogP) is 3.45. The van der Waals surface area contributed by atoms with E-state index in [0.29, 0.717) is 11.2 Å². The van der Waals surface area contributed by atoms with Crippen molar-refractivity contribution in [2.24, 2.45) is 5.73 Å². The molecule has 3 aromatic rings. The van der Waals surface area contributed by atoms with E-state index in [1.54, 1.807) is 4.57 Å². The molecule has 0 saturated carbocycles. The Hall–Kier alpha value is -2.54. The van der Waals surface area contributed by atoms with E-state index in [-0.39, 0.29) is 17.2 Å². The Morgan fingerprint density at radius 3 is 2.65 bits per heavy atom. The fourth-order valence-electron chi connectivity index (χ4n) is 4.45. The van der Waals surface area contributed by atoms with E-state index in [4.69, 9.17) is 15.5 Å². The summed E-state index contributed by atoms with van der Waals surface area (Å²) in [6.07, 6.45) is 1.81. The van der Waals surface area contributed by atoms with Crippen LogP contribution < -0.4 is 11.3 Å². The van der Waals surface area contributed by atoms with Crippen LogP contribution in [0.1, 0.15) is 44.6 Å². The molecule has 0 aliphatic carbocycles. The molecule has 1 unspecified atom stereocenters. The predicted molar refractivity (Wildman–Crippen MR) is 125 cm³/mol. The van der Waals surface area contributed by atoms with Gasteiger partial charge in [-0.05, 0) is 63.9 Å². The first kappa shape index (κ1) is 21.7. The number of morpholine rings is 1. The summed E-state index contributed by atoms with van der Waals surface area (Å²) in [6.45, 7) is 9.78. The van der Waals surface area contributed by atoms with Crippen LogP contribution in [0, 0.1) is 0 Å². The quantitative estimate of drug-likeness (QED) is 0.661. The maximum absolute atomic E-state index is 13.7. The zero-order valence-corrected chi connectivity index (χ0v) is 18.7. The van der Waals surface area contributed by atoms with Crippen molar-refractivity contribution in [3.05, 3.63) is 70.3 Å². The van der Waals surface area contributed by atoms with Crippen LogP contribution in [-0.4, -0.2) is 46.3 Å². The monoisotopic (exact) mass is 420 g/mol. The molecule has 6 heteroatoms. The maximum atomic E-state index is 13.7. The third kappa shape index (κ3) is 4.71. The second-order valence-corrected chi connectivity index (χ2v) is 9.03. The average Bonchev–Trinajstić information content (AvgIpc) is 2.73. The summed E-state index contributed by atoms with van der Waals surface area (Å²) in [5.74, 6) is 0.580. The number of hydrogen-bond donors (Lipinski definition) is 1. The van der Waals surface area contributed by atoms with Crippen molar-refractivity contribution in [2.45, 2.75) is 45.3 Å². The van der Waals surface area contributed by atoms with Crippen molar-refractivity contribution >= 4 is 10.9 Å². The minimum Gasteiger partial charge on any atom is -0.373 e. The van der Waals surface area contributed by atoms with E-state index in [1.807, 2.05) is 49.4 Å². The molecule has 31 heavy (non-hydrogen) atoms. The van der Waals surface area contributed by atoms with Gasteiger partial charge in [0.15, 0.2) is 0 Å². The minimum absolute atomic E-state index is 0.0494. The number of aryl methyl sites for hydroxylation is 1. The summed E-state index contributed by atoms with van der Waals surface area (Å²) in [6, 6.07) is 15.2. The molecular weight excluding hydrogens is 388 g/mol. The molecule has 1 fully saturated rings. The highest BCUT2D eigenvalue weighted by molar-refractivity contribution is 5.81. The van der Waals surface area contributed by atoms with Gasteiger partial charge in [0.25, 0.3) is 5.56 Å². The molecule has 0 bridgehead atoms. The van der Waals surface area contributed by atoms with Gasteiger partial charge in [-0.2, -0.15) is 0 Å². The van der Waals surface area contributed by atoms with E-state index in [1.165, 1.54) is 0 Å². The average molecular weight is 421 g/mol. The summed E-state index contributed by atoms with van der Waals surface area (Å²) in [4.78, 5) is 20.9. The summed E-state index contributed by atoms with van der Waals surface area (Å²) >= 11 is 0. The van der Waals surface area contributed by atoms with Crippen LogP contribution in [0.3, 0.4) is 0 Å². The van der Waals surface area contributed by atoms with Crippen LogP contribution >= 0.6 is 0 Å². The number of hydrogen-bond acceptors (Lipinski definition) is 5. The molecular formula is C25H32N4O2. The van der Waals surface area contributed by atoms with Crippen LogP contribution in [0.2, 0.25) is 0 Å². The Morgan fingerprint density at radius 2 is 1.94 bits per heavy atom. The molecule has 1 aromatic heterocycles. The van der Waals surface area contributed by atoms with Crippen LogP contribution in [-0.2, 0) is 11.2 Å². The van der Waals surface area contributed by atoms with Gasteiger partial charge in [-0.3, -0.25) is 14.3 Å². The van der Waals surface area contributed by atoms with Gasteiger partial charge >= 0.3 is 0 Å². The summed E-state index contributed by atoms with van der Waals surface area (Å²) in [5.41, 5.74) is 8.60. The Labute approximate surface area is 183 Å². The van der Waals surface area contributed by atoms with E-state index >= 15 is 0 Å². The lowest BCUT2D eigenvalue weighted by atomic mass is 10.0. The number of nitrogens with two attached hydrogens (primary N) is 1. The number of rotatable bonds is 6. The topological polar surface area (TPSA) is 73.4 Å². The van der Waals surface area contributed by atoms with Crippen molar-refractivity contribution in [1.29, 1.82) is 0 Å². The summed E-state index contributed by atoms with van der Waals surface area (Å²) < 4.78 is 7.48. The number of ether oxygens (including phenoxy) is 1. The third-order valence-corrected chi connectivity index (χ3v) is 5.86. The highest BCUT2D eigenvalue weighted by atomic mass is 16.5. The van der Waals surface area contributed by atoms with Gasteiger partial charge in [-0.15, -0.1) is 0 Å². The molecule has 1 aliphatic heterocycles. The van der Waals surface area contributed by atoms with Crippen molar-refractivity contribution in [1.82, 2.24) is 14.5 Å². The Kier molecular flexibility index (Phi) is 6.23. The van der Waals surface area contributed by atoms with Crippen LogP contribution in [0.25, 0.3) is 16.6 Å². The number of benzene rings is 2. The molecule has 1 atom stereocenters. The molecule has 1 aliphatic rings. The van der Waals surface area contributed by atoms with Gasteiger partial charge in [0.2, 0.25) is 0 Å². The number of nitrogens with zero attached hydrogens (tertiary/aromatic N) is 3. The summed E-state index contributed by atoms with van der Waals surface area (Å²) in [5, 5.41) is 0.693. The Balaban J connectivity index is 1.66. The molecule has 0 spiro atoms. The first-order chi connectivity index (χ1) is 14.9. The second kappa shape index (κ2) is 8.91. The van der Waals surface area contributed by atoms with Crippen LogP contribution in [0.5, 0.6) is 0 Å². The van der Waals surface area contributed by atoms with Crippen molar-refractivity contribution in [2.75, 3.05) is 26.2 Å². The molecule has 6 nitrogen and oxygen atoms in total. The molecule has 164 valence electrons. The van der Waals surface area contributed by atoms with E-state index < -0.39 is 0 Å². The van der Waals surface area contributed by atoms with Gasteiger partial charge < -0.3 is 10.5 Å². The third-order valence-electron chi connectivity index (χ3n) is 5.86. The molecule has 2 N–H and O–H groups in total. The van der Waals surface area contributed by atoms with E-state index in [9.17, 15) is 4.79 Å². The molecule has 1 saturated heterocycles. The molecule has 2 aromatic carbocycles. The lowest BCUT2D eigenvalue weighted by Crippen LogP contribution is -2.48. The zero-order valence-electron chi connectivity index (χ0n) is 18.7. The maximum Gasteiger partial charge on any atom is 0.266 e. The fourth-order valence-corrected chi connectivity index (χ4v) is 4.45. The number of aromatic nitrogens is 2. The van der Waals surface area contributed by atoms with Gasteiger partial charge in [0.1, 0.15) is 5.82 Å². The lowest BCUT2D eigenvalue weighted by Gasteiger charge is -2.38. The van der Waals surface area contributed by atoms with Gasteiger partial charge in [-0.1, -0.05) is 30.3 Å². The SMILES string of the molecule is CC(N)c1nc2cccc(CCCN3CCOC(C)(C)C3)c2c(=O)n1-c1ccccc1. The first-order valence-electron chi connectivity index (χ1n) is 11.1. The van der Waals surface area contributed by atoms with Crippen LogP contribution in [0.4, 0.5) is 0 Å². The minimum atomic E-state index is -0.356. The van der Waals surface area contributed by atoms with Crippen molar-refractivity contribution in [3.63, 3.8) is 0 Å². The van der Waals surface area contributed by atoms with E-state index in [0.717, 1.165) is 55.9 Å². The Bertz CT molecular complexity index is 1110. The first-order valence-corrected chi connectivity index (χ1v) is 11.1. The molecule has 0 amide bonds.